The van der Waals surface area contributed by atoms with Gasteiger partial charge in [0.2, 0.25) is 0 Å². The lowest BCUT2D eigenvalue weighted by molar-refractivity contribution is 0.128. The van der Waals surface area contributed by atoms with E-state index in [0.717, 1.165) is 5.82 Å². The maximum atomic E-state index is 11.7. The van der Waals surface area contributed by atoms with Crippen molar-refractivity contribution < 1.29 is 13.2 Å². The van der Waals surface area contributed by atoms with Crippen molar-refractivity contribution in [3.8, 4) is 0 Å². The second kappa shape index (κ2) is 6.57. The van der Waals surface area contributed by atoms with Crippen LogP contribution in [-0.2, 0) is 21.2 Å². The minimum absolute atomic E-state index is 0.0942. The minimum atomic E-state index is -2.94. The van der Waals surface area contributed by atoms with E-state index >= 15 is 0 Å². The molecule has 0 aliphatic carbocycles. The Kier molecular flexibility index (Phi) is 5.00. The van der Waals surface area contributed by atoms with Gasteiger partial charge in [-0.25, -0.2) is 18.4 Å². The second-order valence-electron chi connectivity index (χ2n) is 5.07. The molecule has 7 nitrogen and oxygen atoms in total. The van der Waals surface area contributed by atoms with Gasteiger partial charge in [0.1, 0.15) is 18.2 Å². The standard InChI is InChI=1S/C13H22N4O3S/c1-4-20-8-12-15-11(14-3)7-13(16-12)17-5-6-21(18,19)9-10(17)2/h7,10H,4-6,8-9H2,1-3H3,(H,14,15,16). The first kappa shape index (κ1) is 16.0. The molecule has 1 N–H and O–H groups in total. The molecule has 0 aromatic carbocycles. The van der Waals surface area contributed by atoms with E-state index in [9.17, 15) is 8.42 Å². The van der Waals surface area contributed by atoms with Gasteiger partial charge in [-0.15, -0.1) is 0 Å². The van der Waals surface area contributed by atoms with E-state index in [1.165, 1.54) is 0 Å². The van der Waals surface area contributed by atoms with E-state index in [0.29, 0.717) is 31.4 Å². The van der Waals surface area contributed by atoms with E-state index in [4.69, 9.17) is 4.74 Å². The van der Waals surface area contributed by atoms with Gasteiger partial charge < -0.3 is 15.0 Å². The van der Waals surface area contributed by atoms with Crippen molar-refractivity contribution in [1.29, 1.82) is 0 Å². The van der Waals surface area contributed by atoms with Crippen LogP contribution in [0.3, 0.4) is 0 Å². The zero-order valence-electron chi connectivity index (χ0n) is 12.7. The molecule has 1 saturated heterocycles. The average molecular weight is 314 g/mol. The summed E-state index contributed by atoms with van der Waals surface area (Å²) in [5.74, 6) is 2.37. The third-order valence-electron chi connectivity index (χ3n) is 3.42. The van der Waals surface area contributed by atoms with E-state index in [1.807, 2.05) is 24.8 Å². The van der Waals surface area contributed by atoms with Gasteiger partial charge in [0, 0.05) is 32.3 Å². The van der Waals surface area contributed by atoms with Crippen molar-refractivity contribution in [2.75, 3.05) is 41.9 Å². The lowest BCUT2D eigenvalue weighted by Crippen LogP contribution is -2.47. The molecule has 2 heterocycles. The van der Waals surface area contributed by atoms with Gasteiger partial charge in [-0.1, -0.05) is 0 Å². The third kappa shape index (κ3) is 4.04. The number of rotatable bonds is 5. The maximum absolute atomic E-state index is 11.7. The van der Waals surface area contributed by atoms with Crippen LogP contribution in [0.2, 0.25) is 0 Å². The van der Waals surface area contributed by atoms with Gasteiger partial charge in [-0.2, -0.15) is 0 Å². The van der Waals surface area contributed by atoms with Crippen LogP contribution in [0.1, 0.15) is 19.7 Å². The summed E-state index contributed by atoms with van der Waals surface area (Å²) in [4.78, 5) is 10.9. The van der Waals surface area contributed by atoms with Crippen LogP contribution in [0.15, 0.2) is 6.07 Å². The van der Waals surface area contributed by atoms with Gasteiger partial charge in [-0.05, 0) is 13.8 Å². The van der Waals surface area contributed by atoms with Gasteiger partial charge in [0.05, 0.1) is 11.5 Å². The molecule has 118 valence electrons. The Balaban J connectivity index is 2.25. The molecule has 1 atom stereocenters. The van der Waals surface area contributed by atoms with Crippen LogP contribution in [0, 0.1) is 0 Å². The highest BCUT2D eigenvalue weighted by molar-refractivity contribution is 7.91. The minimum Gasteiger partial charge on any atom is -0.374 e. The Bertz CT molecular complexity index is 591. The van der Waals surface area contributed by atoms with Crippen molar-refractivity contribution in [2.45, 2.75) is 26.5 Å². The molecule has 1 aromatic heterocycles. The molecule has 1 aliphatic heterocycles. The number of sulfone groups is 1. The van der Waals surface area contributed by atoms with Crippen LogP contribution >= 0.6 is 0 Å². The monoisotopic (exact) mass is 314 g/mol. The van der Waals surface area contributed by atoms with Crippen molar-refractivity contribution in [2.24, 2.45) is 0 Å². The normalized spacial score (nSPS) is 21.3. The van der Waals surface area contributed by atoms with E-state index in [2.05, 4.69) is 15.3 Å². The quantitative estimate of drug-likeness (QED) is 0.855. The number of hydrogen-bond donors (Lipinski definition) is 1. The first-order valence-electron chi connectivity index (χ1n) is 7.05. The van der Waals surface area contributed by atoms with E-state index in [-0.39, 0.29) is 17.5 Å². The summed E-state index contributed by atoms with van der Waals surface area (Å²) < 4.78 is 28.7. The Morgan fingerprint density at radius 3 is 2.86 bits per heavy atom. The van der Waals surface area contributed by atoms with Crippen LogP contribution in [0.25, 0.3) is 0 Å². The second-order valence-corrected chi connectivity index (χ2v) is 7.30. The molecule has 0 bridgehead atoms. The molecular weight excluding hydrogens is 292 g/mol. The lowest BCUT2D eigenvalue weighted by atomic mass is 10.3. The largest absolute Gasteiger partial charge is 0.374 e. The Morgan fingerprint density at radius 1 is 1.48 bits per heavy atom. The number of nitrogens with one attached hydrogen (secondary N) is 1. The smallest absolute Gasteiger partial charge is 0.158 e. The highest BCUT2D eigenvalue weighted by Gasteiger charge is 2.29. The first-order chi connectivity index (χ1) is 9.95. The summed E-state index contributed by atoms with van der Waals surface area (Å²) in [6.07, 6.45) is 0. The number of anilines is 2. The summed E-state index contributed by atoms with van der Waals surface area (Å²) in [5, 5.41) is 3.00. The fourth-order valence-electron chi connectivity index (χ4n) is 2.36. The van der Waals surface area contributed by atoms with Crippen molar-refractivity contribution >= 4 is 21.5 Å². The van der Waals surface area contributed by atoms with Crippen LogP contribution in [0.4, 0.5) is 11.6 Å². The SMILES string of the molecule is CCOCc1nc(NC)cc(N2CCS(=O)(=O)CC2C)n1. The zero-order valence-corrected chi connectivity index (χ0v) is 13.5. The molecule has 1 fully saturated rings. The molecule has 21 heavy (non-hydrogen) atoms. The summed E-state index contributed by atoms with van der Waals surface area (Å²) in [5.41, 5.74) is 0. The number of aromatic nitrogens is 2. The molecule has 2 rings (SSSR count). The Morgan fingerprint density at radius 2 is 2.24 bits per heavy atom. The summed E-state index contributed by atoms with van der Waals surface area (Å²) in [7, 11) is -1.15. The average Bonchev–Trinajstić information content (AvgIpc) is 2.43. The fourth-order valence-corrected chi connectivity index (χ4v) is 3.91. The summed E-state index contributed by atoms with van der Waals surface area (Å²) in [6, 6.07) is 1.74. The molecule has 0 saturated carbocycles. The number of hydrogen-bond acceptors (Lipinski definition) is 7. The highest BCUT2D eigenvalue weighted by Crippen LogP contribution is 2.22. The van der Waals surface area contributed by atoms with Crippen LogP contribution in [0.5, 0.6) is 0 Å². The summed E-state index contributed by atoms with van der Waals surface area (Å²) >= 11 is 0. The molecule has 8 heteroatoms. The van der Waals surface area contributed by atoms with Gasteiger partial charge in [0.15, 0.2) is 15.7 Å². The Labute approximate surface area is 125 Å². The zero-order chi connectivity index (χ0) is 15.5. The van der Waals surface area contributed by atoms with Crippen molar-refractivity contribution in [3.63, 3.8) is 0 Å². The molecule has 0 radical (unpaired) electrons. The van der Waals surface area contributed by atoms with Crippen molar-refractivity contribution in [1.82, 2.24) is 9.97 Å². The molecule has 1 aliphatic rings. The third-order valence-corrected chi connectivity index (χ3v) is 5.21. The topological polar surface area (TPSA) is 84.4 Å². The van der Waals surface area contributed by atoms with Gasteiger partial charge >= 0.3 is 0 Å². The fraction of sp³-hybridized carbons (Fsp3) is 0.692. The molecule has 0 amide bonds. The number of nitrogens with zero attached hydrogens (tertiary/aromatic N) is 3. The van der Waals surface area contributed by atoms with Crippen LogP contribution in [-0.4, -0.2) is 56.1 Å². The molecule has 1 unspecified atom stereocenters. The van der Waals surface area contributed by atoms with E-state index in [1.54, 1.807) is 7.05 Å². The van der Waals surface area contributed by atoms with Crippen LogP contribution < -0.4 is 10.2 Å². The molecule has 0 spiro atoms. The summed E-state index contributed by atoms with van der Waals surface area (Å²) in [6.45, 7) is 5.22. The highest BCUT2D eigenvalue weighted by atomic mass is 32.2. The predicted molar refractivity (Wildman–Crippen MR) is 82.4 cm³/mol. The van der Waals surface area contributed by atoms with E-state index < -0.39 is 9.84 Å². The lowest BCUT2D eigenvalue weighted by Gasteiger charge is -2.34. The number of ether oxygens (including phenoxy) is 1. The van der Waals surface area contributed by atoms with Gasteiger partial charge in [0.25, 0.3) is 0 Å². The predicted octanol–water partition coefficient (Wildman–Crippen LogP) is 0.678. The Hall–Kier alpha value is -1.41. The van der Waals surface area contributed by atoms with Crippen molar-refractivity contribution in [3.05, 3.63) is 11.9 Å². The maximum Gasteiger partial charge on any atom is 0.158 e. The van der Waals surface area contributed by atoms with Gasteiger partial charge in [-0.3, -0.25) is 0 Å². The molecule has 1 aromatic rings. The first-order valence-corrected chi connectivity index (χ1v) is 8.88. The molecular formula is C13H22N4O3S.